The van der Waals surface area contributed by atoms with Gasteiger partial charge in [-0.05, 0) is 138 Å². The Morgan fingerprint density at radius 1 is 0.214 bits per heavy atom. The molecule has 0 aliphatic heterocycles. The molecule has 0 saturated carbocycles. The van der Waals surface area contributed by atoms with Crippen molar-refractivity contribution in [2.45, 2.75) is 0 Å². The number of fused-ring (bicyclic) bond motifs is 2. The number of hydrogen-bond donors (Lipinski definition) is 0. The monoisotopic (exact) mass is 712 g/mol. The summed E-state index contributed by atoms with van der Waals surface area (Å²) in [5.74, 6) is 0. The standard InChI is InChI=1S/C54H36N2/c1-3-15-37(16-4-1)44-33-45(38-17-5-2-6-18-38)35-46(34-44)39-27-28-49-50(36-39)54(43-22-14-20-41(32-43)52-26-10-12-30-56-52)48-24-8-7-23-47(48)53(49)42-21-13-19-40(31-42)51-25-9-11-29-55-51/h1-36H. The molecule has 262 valence electrons. The first-order chi connectivity index (χ1) is 27.8. The maximum absolute atomic E-state index is 4.71. The highest BCUT2D eigenvalue weighted by Crippen LogP contribution is 2.46. The quantitative estimate of drug-likeness (QED) is 0.154. The van der Waals surface area contributed by atoms with Crippen molar-refractivity contribution in [3.63, 3.8) is 0 Å². The van der Waals surface area contributed by atoms with E-state index in [1.807, 2.05) is 36.7 Å². The molecule has 2 aromatic heterocycles. The van der Waals surface area contributed by atoms with Gasteiger partial charge in [-0.25, -0.2) is 0 Å². The van der Waals surface area contributed by atoms with Crippen LogP contribution in [0.3, 0.4) is 0 Å². The fourth-order valence-electron chi connectivity index (χ4n) is 8.10. The van der Waals surface area contributed by atoms with Gasteiger partial charge in [0.05, 0.1) is 11.4 Å². The molecule has 0 radical (unpaired) electrons. The first-order valence-corrected chi connectivity index (χ1v) is 19.1. The number of hydrogen-bond acceptors (Lipinski definition) is 2. The van der Waals surface area contributed by atoms with Crippen LogP contribution in [0, 0.1) is 0 Å². The highest BCUT2D eigenvalue weighted by molar-refractivity contribution is 6.22. The third-order valence-electron chi connectivity index (χ3n) is 10.7. The summed E-state index contributed by atoms with van der Waals surface area (Å²) in [6.45, 7) is 0. The van der Waals surface area contributed by atoms with E-state index in [2.05, 4.69) is 182 Å². The summed E-state index contributed by atoms with van der Waals surface area (Å²) in [6, 6.07) is 74.1. The van der Waals surface area contributed by atoms with Crippen LogP contribution in [0.5, 0.6) is 0 Å². The van der Waals surface area contributed by atoms with Gasteiger partial charge in [0.1, 0.15) is 0 Å². The molecule has 0 saturated heterocycles. The second-order valence-electron chi connectivity index (χ2n) is 14.2. The van der Waals surface area contributed by atoms with Crippen molar-refractivity contribution in [2.24, 2.45) is 0 Å². The molecule has 0 fully saturated rings. The molecular formula is C54H36N2. The molecule has 10 aromatic rings. The van der Waals surface area contributed by atoms with Crippen molar-refractivity contribution >= 4 is 21.5 Å². The summed E-state index contributed by atoms with van der Waals surface area (Å²) in [5.41, 5.74) is 15.9. The van der Waals surface area contributed by atoms with E-state index in [1.165, 1.54) is 60.5 Å². The first-order valence-electron chi connectivity index (χ1n) is 19.1. The van der Waals surface area contributed by atoms with E-state index in [-0.39, 0.29) is 0 Å². The average Bonchev–Trinajstić information content (AvgIpc) is 3.29. The second kappa shape index (κ2) is 14.4. The fraction of sp³-hybridized carbons (Fsp3) is 0. The second-order valence-corrected chi connectivity index (χ2v) is 14.2. The minimum absolute atomic E-state index is 0.956. The molecule has 2 heteroatoms. The maximum atomic E-state index is 4.71. The van der Waals surface area contributed by atoms with Gasteiger partial charge < -0.3 is 0 Å². The molecule has 2 heterocycles. The number of aromatic nitrogens is 2. The zero-order valence-electron chi connectivity index (χ0n) is 30.7. The lowest BCUT2D eigenvalue weighted by Gasteiger charge is -2.20. The van der Waals surface area contributed by atoms with Crippen molar-refractivity contribution in [1.29, 1.82) is 0 Å². The molecule has 0 atom stereocenters. The van der Waals surface area contributed by atoms with Gasteiger partial charge in [0.25, 0.3) is 0 Å². The van der Waals surface area contributed by atoms with Crippen LogP contribution in [0.2, 0.25) is 0 Å². The smallest absolute Gasteiger partial charge is 0.0702 e. The van der Waals surface area contributed by atoms with Crippen LogP contribution < -0.4 is 0 Å². The molecule has 56 heavy (non-hydrogen) atoms. The topological polar surface area (TPSA) is 25.8 Å². The normalized spacial score (nSPS) is 11.2. The predicted octanol–water partition coefficient (Wildman–Crippen LogP) is 14.5. The Labute approximate surface area is 327 Å². The van der Waals surface area contributed by atoms with Crippen LogP contribution in [0.1, 0.15) is 0 Å². The number of pyridine rings is 2. The summed E-state index contributed by atoms with van der Waals surface area (Å²) in [4.78, 5) is 9.40. The maximum Gasteiger partial charge on any atom is 0.0702 e. The summed E-state index contributed by atoms with van der Waals surface area (Å²) in [5, 5.41) is 4.81. The zero-order valence-corrected chi connectivity index (χ0v) is 30.7. The molecule has 0 unspecified atom stereocenters. The molecule has 0 bridgehead atoms. The van der Waals surface area contributed by atoms with Crippen LogP contribution in [0.25, 0.3) is 99.7 Å². The van der Waals surface area contributed by atoms with Crippen LogP contribution in [-0.4, -0.2) is 9.97 Å². The van der Waals surface area contributed by atoms with Crippen LogP contribution in [0.4, 0.5) is 0 Å². The van der Waals surface area contributed by atoms with Gasteiger partial charge in [-0.15, -0.1) is 0 Å². The van der Waals surface area contributed by atoms with Crippen molar-refractivity contribution < 1.29 is 0 Å². The van der Waals surface area contributed by atoms with Crippen LogP contribution in [0.15, 0.2) is 219 Å². The van der Waals surface area contributed by atoms with E-state index < -0.39 is 0 Å². The average molecular weight is 713 g/mol. The van der Waals surface area contributed by atoms with Crippen molar-refractivity contribution in [2.75, 3.05) is 0 Å². The Hall–Kier alpha value is -7.42. The highest BCUT2D eigenvalue weighted by Gasteiger charge is 2.19. The van der Waals surface area contributed by atoms with Crippen molar-refractivity contribution in [1.82, 2.24) is 9.97 Å². The van der Waals surface area contributed by atoms with Crippen molar-refractivity contribution in [3.05, 3.63) is 219 Å². The van der Waals surface area contributed by atoms with E-state index in [4.69, 9.17) is 9.97 Å². The Balaban J connectivity index is 1.26. The van der Waals surface area contributed by atoms with E-state index in [1.54, 1.807) is 0 Å². The summed E-state index contributed by atoms with van der Waals surface area (Å²) < 4.78 is 0. The Morgan fingerprint density at radius 2 is 0.607 bits per heavy atom. The SMILES string of the molecule is c1ccc(-c2cc(-c3ccccc3)cc(-c3ccc4c(-c5cccc(-c6ccccn6)c5)c5ccccc5c(-c5cccc(-c6ccccn6)c5)c4c3)c2)cc1. The molecule has 0 N–H and O–H groups in total. The molecule has 0 spiro atoms. The Kier molecular flexibility index (Phi) is 8.55. The Morgan fingerprint density at radius 3 is 1.11 bits per heavy atom. The van der Waals surface area contributed by atoms with E-state index in [9.17, 15) is 0 Å². The Bertz CT molecular complexity index is 2930. The third kappa shape index (κ3) is 6.24. The van der Waals surface area contributed by atoms with E-state index >= 15 is 0 Å². The number of rotatable bonds is 7. The third-order valence-corrected chi connectivity index (χ3v) is 10.7. The summed E-state index contributed by atoms with van der Waals surface area (Å²) in [7, 11) is 0. The van der Waals surface area contributed by atoms with Crippen LogP contribution in [-0.2, 0) is 0 Å². The molecular weight excluding hydrogens is 677 g/mol. The van der Waals surface area contributed by atoms with Crippen LogP contribution >= 0.6 is 0 Å². The lowest BCUT2D eigenvalue weighted by Crippen LogP contribution is -1.93. The van der Waals surface area contributed by atoms with E-state index in [0.29, 0.717) is 0 Å². The van der Waals surface area contributed by atoms with Gasteiger partial charge in [-0.3, -0.25) is 9.97 Å². The number of nitrogens with zero attached hydrogens (tertiary/aromatic N) is 2. The molecule has 0 amide bonds. The minimum Gasteiger partial charge on any atom is -0.256 e. The lowest BCUT2D eigenvalue weighted by atomic mass is 9.84. The molecule has 0 aliphatic carbocycles. The molecule has 2 nitrogen and oxygen atoms in total. The highest BCUT2D eigenvalue weighted by atomic mass is 14.7. The summed E-state index contributed by atoms with van der Waals surface area (Å²) >= 11 is 0. The minimum atomic E-state index is 0.956. The zero-order chi connectivity index (χ0) is 37.3. The molecule has 8 aromatic carbocycles. The van der Waals surface area contributed by atoms with Gasteiger partial charge in [-0.1, -0.05) is 146 Å². The molecule has 10 rings (SSSR count). The molecule has 0 aliphatic rings. The van der Waals surface area contributed by atoms with Gasteiger partial charge in [0.2, 0.25) is 0 Å². The predicted molar refractivity (Wildman–Crippen MR) is 235 cm³/mol. The first kappa shape index (κ1) is 33.2. The fourth-order valence-corrected chi connectivity index (χ4v) is 8.10. The van der Waals surface area contributed by atoms with Gasteiger partial charge in [0, 0.05) is 23.5 Å². The lowest BCUT2D eigenvalue weighted by molar-refractivity contribution is 1.33. The van der Waals surface area contributed by atoms with Crippen molar-refractivity contribution in [3.8, 4) is 78.1 Å². The van der Waals surface area contributed by atoms with Gasteiger partial charge in [-0.2, -0.15) is 0 Å². The summed E-state index contributed by atoms with van der Waals surface area (Å²) in [6.07, 6.45) is 3.72. The van der Waals surface area contributed by atoms with Gasteiger partial charge in [0.15, 0.2) is 0 Å². The van der Waals surface area contributed by atoms with Gasteiger partial charge >= 0.3 is 0 Å². The largest absolute Gasteiger partial charge is 0.256 e. The van der Waals surface area contributed by atoms with E-state index in [0.717, 1.165) is 39.2 Å². The number of benzene rings is 8.